The van der Waals surface area contributed by atoms with Crippen molar-refractivity contribution in [3.05, 3.63) is 16.9 Å². The Morgan fingerprint density at radius 3 is 3.08 bits per heavy atom. The Morgan fingerprint density at radius 1 is 1.50 bits per heavy atom. The van der Waals surface area contributed by atoms with E-state index < -0.39 is 0 Å². The van der Waals surface area contributed by atoms with Crippen molar-refractivity contribution < 1.29 is 0 Å². The van der Waals surface area contributed by atoms with E-state index in [9.17, 15) is 0 Å². The van der Waals surface area contributed by atoms with Crippen molar-refractivity contribution in [2.45, 2.75) is 0 Å². The van der Waals surface area contributed by atoms with Gasteiger partial charge in [0.25, 0.3) is 0 Å². The second-order valence-electron chi connectivity index (χ2n) is 2.36. The van der Waals surface area contributed by atoms with Crippen molar-refractivity contribution in [3.63, 3.8) is 0 Å². The number of hydrogen-bond acceptors (Lipinski definition) is 3. The highest BCUT2D eigenvalue weighted by atomic mass is 79.9. The first kappa shape index (κ1) is 7.54. The molecule has 0 fully saturated rings. The lowest BCUT2D eigenvalue weighted by molar-refractivity contribution is 1.12. The Labute approximate surface area is 77.5 Å². The van der Waals surface area contributed by atoms with Gasteiger partial charge in [0.2, 0.25) is 0 Å². The SMILES string of the molecule is CNc1ncc(Br)c2[nH]ncc12. The van der Waals surface area contributed by atoms with E-state index in [1.165, 1.54) is 0 Å². The maximum atomic E-state index is 4.18. The molecule has 0 amide bonds. The Kier molecular flexibility index (Phi) is 1.73. The molecule has 0 aliphatic heterocycles. The summed E-state index contributed by atoms with van der Waals surface area (Å²) in [6.07, 6.45) is 3.49. The Hall–Kier alpha value is -1.10. The van der Waals surface area contributed by atoms with E-state index in [0.717, 1.165) is 21.2 Å². The first-order chi connectivity index (χ1) is 5.83. The molecule has 2 aromatic heterocycles. The quantitative estimate of drug-likeness (QED) is 0.780. The molecule has 0 aliphatic rings. The molecule has 2 N–H and O–H groups in total. The molecular weight excluding hydrogens is 220 g/mol. The molecule has 0 saturated carbocycles. The number of rotatable bonds is 1. The van der Waals surface area contributed by atoms with Gasteiger partial charge in [0.05, 0.1) is 21.6 Å². The Bertz CT molecular complexity index is 409. The number of aromatic nitrogens is 3. The van der Waals surface area contributed by atoms with E-state index in [0.29, 0.717) is 0 Å². The van der Waals surface area contributed by atoms with Gasteiger partial charge in [-0.3, -0.25) is 5.10 Å². The molecule has 62 valence electrons. The van der Waals surface area contributed by atoms with Crippen LogP contribution >= 0.6 is 15.9 Å². The molecule has 0 unspecified atom stereocenters. The summed E-state index contributed by atoms with van der Waals surface area (Å²) >= 11 is 3.38. The smallest absolute Gasteiger partial charge is 0.136 e. The van der Waals surface area contributed by atoms with E-state index in [1.54, 1.807) is 12.4 Å². The number of anilines is 1. The fraction of sp³-hybridized carbons (Fsp3) is 0.143. The van der Waals surface area contributed by atoms with Gasteiger partial charge in [-0.1, -0.05) is 0 Å². The van der Waals surface area contributed by atoms with Crippen LogP contribution in [0.5, 0.6) is 0 Å². The molecule has 2 heterocycles. The van der Waals surface area contributed by atoms with Crippen LogP contribution in [-0.2, 0) is 0 Å². The van der Waals surface area contributed by atoms with Gasteiger partial charge in [-0.05, 0) is 15.9 Å². The summed E-state index contributed by atoms with van der Waals surface area (Å²) in [6, 6.07) is 0. The van der Waals surface area contributed by atoms with Crippen LogP contribution < -0.4 is 5.32 Å². The van der Waals surface area contributed by atoms with Crippen LogP contribution in [0.1, 0.15) is 0 Å². The molecule has 5 heteroatoms. The van der Waals surface area contributed by atoms with Gasteiger partial charge in [0.1, 0.15) is 5.82 Å². The zero-order valence-corrected chi connectivity index (χ0v) is 8.01. The van der Waals surface area contributed by atoms with Crippen LogP contribution in [0.2, 0.25) is 0 Å². The molecule has 2 rings (SSSR count). The van der Waals surface area contributed by atoms with E-state index >= 15 is 0 Å². The van der Waals surface area contributed by atoms with E-state index in [2.05, 4.69) is 36.4 Å². The van der Waals surface area contributed by atoms with Crippen LogP contribution in [0, 0.1) is 0 Å². The van der Waals surface area contributed by atoms with Crippen molar-refractivity contribution in [1.82, 2.24) is 15.2 Å². The number of pyridine rings is 1. The number of halogens is 1. The van der Waals surface area contributed by atoms with Crippen molar-refractivity contribution in [2.75, 3.05) is 12.4 Å². The minimum atomic E-state index is 0.835. The summed E-state index contributed by atoms with van der Waals surface area (Å²) in [6.45, 7) is 0. The second kappa shape index (κ2) is 2.75. The second-order valence-corrected chi connectivity index (χ2v) is 3.22. The van der Waals surface area contributed by atoms with Gasteiger partial charge in [0, 0.05) is 13.2 Å². The summed E-state index contributed by atoms with van der Waals surface area (Å²) < 4.78 is 0.925. The summed E-state index contributed by atoms with van der Waals surface area (Å²) in [5, 5.41) is 10.8. The maximum Gasteiger partial charge on any atom is 0.136 e. The van der Waals surface area contributed by atoms with Gasteiger partial charge in [-0.25, -0.2) is 4.98 Å². The summed E-state index contributed by atoms with van der Waals surface area (Å²) in [7, 11) is 1.84. The fourth-order valence-electron chi connectivity index (χ4n) is 1.10. The van der Waals surface area contributed by atoms with Gasteiger partial charge in [-0.2, -0.15) is 5.10 Å². The predicted molar refractivity (Wildman–Crippen MR) is 51.1 cm³/mol. The Balaban J connectivity index is 2.82. The largest absolute Gasteiger partial charge is 0.373 e. The molecule has 0 aliphatic carbocycles. The number of fused-ring (bicyclic) bond motifs is 1. The number of aromatic amines is 1. The van der Waals surface area contributed by atoms with E-state index in [-0.39, 0.29) is 0 Å². The lowest BCUT2D eigenvalue weighted by atomic mass is 10.3. The van der Waals surface area contributed by atoms with Gasteiger partial charge in [0.15, 0.2) is 0 Å². The highest BCUT2D eigenvalue weighted by Gasteiger charge is 2.05. The normalized spacial score (nSPS) is 10.5. The lowest BCUT2D eigenvalue weighted by Gasteiger charge is -2.00. The molecule has 0 bridgehead atoms. The van der Waals surface area contributed by atoms with Crippen LogP contribution in [0.15, 0.2) is 16.9 Å². The summed E-state index contributed by atoms with van der Waals surface area (Å²) in [5.74, 6) is 0.835. The fourth-order valence-corrected chi connectivity index (χ4v) is 1.51. The standard InChI is InChI=1S/C7H7BrN4/c1-9-7-4-2-11-12-6(4)5(8)3-10-7/h2-3H,1H3,(H,9,10)(H,11,12). The third-order valence-corrected chi connectivity index (χ3v) is 2.28. The number of nitrogens with one attached hydrogen (secondary N) is 2. The van der Waals surface area contributed by atoms with Crippen molar-refractivity contribution >= 4 is 32.7 Å². The van der Waals surface area contributed by atoms with E-state index in [1.807, 2.05) is 7.05 Å². The van der Waals surface area contributed by atoms with Crippen LogP contribution in [0.3, 0.4) is 0 Å². The molecule has 0 aromatic carbocycles. The first-order valence-corrected chi connectivity index (χ1v) is 4.27. The summed E-state index contributed by atoms with van der Waals surface area (Å²) in [5.41, 5.74) is 0.967. The molecule has 0 saturated heterocycles. The monoisotopic (exact) mass is 226 g/mol. The van der Waals surface area contributed by atoms with Crippen LogP contribution in [0.25, 0.3) is 10.9 Å². The lowest BCUT2D eigenvalue weighted by Crippen LogP contribution is -1.92. The van der Waals surface area contributed by atoms with Gasteiger partial charge >= 0.3 is 0 Å². The van der Waals surface area contributed by atoms with Crippen LogP contribution in [-0.4, -0.2) is 22.2 Å². The minimum absolute atomic E-state index is 0.835. The van der Waals surface area contributed by atoms with Crippen molar-refractivity contribution in [3.8, 4) is 0 Å². The average Bonchev–Trinajstić information content (AvgIpc) is 2.54. The maximum absolute atomic E-state index is 4.18. The van der Waals surface area contributed by atoms with Crippen molar-refractivity contribution in [1.29, 1.82) is 0 Å². The average molecular weight is 227 g/mol. The van der Waals surface area contributed by atoms with Crippen LogP contribution in [0.4, 0.5) is 5.82 Å². The molecule has 12 heavy (non-hydrogen) atoms. The number of hydrogen-bond donors (Lipinski definition) is 2. The number of nitrogens with zero attached hydrogens (tertiary/aromatic N) is 2. The third-order valence-electron chi connectivity index (χ3n) is 1.68. The summed E-state index contributed by atoms with van der Waals surface area (Å²) in [4.78, 5) is 4.18. The third kappa shape index (κ3) is 0.972. The molecule has 0 spiro atoms. The molecule has 0 atom stereocenters. The van der Waals surface area contributed by atoms with Crippen molar-refractivity contribution in [2.24, 2.45) is 0 Å². The zero-order chi connectivity index (χ0) is 8.55. The first-order valence-electron chi connectivity index (χ1n) is 3.48. The van der Waals surface area contributed by atoms with E-state index in [4.69, 9.17) is 0 Å². The highest BCUT2D eigenvalue weighted by molar-refractivity contribution is 9.10. The van der Waals surface area contributed by atoms with Gasteiger partial charge in [-0.15, -0.1) is 0 Å². The number of H-pyrrole nitrogens is 1. The molecular formula is C7H7BrN4. The zero-order valence-electron chi connectivity index (χ0n) is 6.43. The topological polar surface area (TPSA) is 53.6 Å². The minimum Gasteiger partial charge on any atom is -0.373 e. The predicted octanol–water partition coefficient (Wildman–Crippen LogP) is 1.76. The molecule has 4 nitrogen and oxygen atoms in total. The Morgan fingerprint density at radius 2 is 2.33 bits per heavy atom. The van der Waals surface area contributed by atoms with Gasteiger partial charge < -0.3 is 5.32 Å². The highest BCUT2D eigenvalue weighted by Crippen LogP contribution is 2.25. The molecule has 2 aromatic rings. The molecule has 0 radical (unpaired) electrons.